The first-order chi connectivity index (χ1) is 31.0. The smallest absolute Gasteiger partial charge is 0.0651 e. The summed E-state index contributed by atoms with van der Waals surface area (Å²) in [6, 6.07) is 23.7. The molecular formula is C48H32N2. The Kier molecular flexibility index (Phi) is 3.95. The molecule has 10 rings (SSSR count). The summed E-state index contributed by atoms with van der Waals surface area (Å²) in [5.41, 5.74) is 2.66. The Morgan fingerprint density at radius 1 is 0.320 bits per heavy atom. The van der Waals surface area contributed by atoms with E-state index in [1.165, 1.54) is 57.7 Å². The highest BCUT2D eigenvalue weighted by atomic mass is 15.0. The average Bonchev–Trinajstić information content (AvgIpc) is 3.83. The summed E-state index contributed by atoms with van der Waals surface area (Å²) >= 11 is 0. The van der Waals surface area contributed by atoms with E-state index in [1.54, 1.807) is 54.6 Å². The van der Waals surface area contributed by atoms with Crippen molar-refractivity contribution in [2.75, 3.05) is 0 Å². The number of fused-ring (bicyclic) bond motifs is 6. The first-order valence-corrected chi connectivity index (χ1v) is 15.9. The van der Waals surface area contributed by atoms with Gasteiger partial charge in [-0.2, -0.15) is 0 Å². The minimum absolute atomic E-state index is 0.00879. The van der Waals surface area contributed by atoms with E-state index in [2.05, 4.69) is 0 Å². The van der Waals surface area contributed by atoms with Crippen LogP contribution in [0, 0.1) is 0 Å². The van der Waals surface area contributed by atoms with Crippen LogP contribution in [0.5, 0.6) is 0 Å². The molecule has 0 radical (unpaired) electrons. The van der Waals surface area contributed by atoms with E-state index in [0.717, 1.165) is 5.56 Å². The predicted octanol–water partition coefficient (Wildman–Crippen LogP) is 12.9. The predicted molar refractivity (Wildman–Crippen MR) is 211 cm³/mol. The van der Waals surface area contributed by atoms with Crippen LogP contribution in [0.1, 0.15) is 20.6 Å². The van der Waals surface area contributed by atoms with Crippen LogP contribution in [0.2, 0.25) is 0 Å². The number of rotatable bonds is 5. The SMILES string of the molecule is [2H]c1ccc(-c2ccc([2H])c(-n3c4c([2H])cc([2H])c([2H])c4c4c([2H])c(-c5cc([2H])c6c(c5[2H])c5c([2H])c([2H])cc([2H])c5n6-c5ccc([2H])c(-c6ccc([2H])cc6)c5[2H])cc([2H])c43)c2)cc1. The molecule has 0 fully saturated rings. The van der Waals surface area contributed by atoms with Gasteiger partial charge in [-0.05, 0) is 93.9 Å². The van der Waals surface area contributed by atoms with Crippen molar-refractivity contribution in [2.24, 2.45) is 0 Å². The lowest BCUT2D eigenvalue weighted by molar-refractivity contribution is 1.18. The summed E-state index contributed by atoms with van der Waals surface area (Å²) in [5.74, 6) is 0. The number of hydrogen-bond acceptors (Lipinski definition) is 0. The molecule has 2 aromatic heterocycles. The van der Waals surface area contributed by atoms with Gasteiger partial charge in [-0.3, -0.25) is 0 Å². The minimum atomic E-state index is -0.348. The largest absolute Gasteiger partial charge is 0.309 e. The van der Waals surface area contributed by atoms with E-state index in [1.807, 2.05) is 0 Å². The molecule has 2 heteroatoms. The highest BCUT2D eigenvalue weighted by molar-refractivity contribution is 6.12. The topological polar surface area (TPSA) is 9.86 Å². The molecule has 2 heterocycles. The Labute approximate surface area is 311 Å². The van der Waals surface area contributed by atoms with Crippen molar-refractivity contribution in [3.63, 3.8) is 0 Å². The maximum absolute atomic E-state index is 9.81. The van der Waals surface area contributed by atoms with Crippen LogP contribution in [0.4, 0.5) is 0 Å². The van der Waals surface area contributed by atoms with Gasteiger partial charge in [0.15, 0.2) is 0 Å². The van der Waals surface area contributed by atoms with Gasteiger partial charge in [-0.25, -0.2) is 0 Å². The Morgan fingerprint density at radius 3 is 1.46 bits per heavy atom. The summed E-state index contributed by atoms with van der Waals surface area (Å²) in [7, 11) is 0. The molecule has 0 aliphatic rings. The number of hydrogen-bond donors (Lipinski definition) is 0. The quantitative estimate of drug-likeness (QED) is 0.175. The van der Waals surface area contributed by atoms with E-state index in [9.17, 15) is 6.85 Å². The molecule has 0 aliphatic heterocycles. The van der Waals surface area contributed by atoms with Crippen molar-refractivity contribution in [1.82, 2.24) is 9.13 Å². The molecule has 0 N–H and O–H groups in total. The molecular weight excluding hydrogens is 605 g/mol. The molecule has 234 valence electrons. The number of para-hydroxylation sites is 2. The van der Waals surface area contributed by atoms with Gasteiger partial charge in [0.1, 0.15) is 0 Å². The third-order valence-electron chi connectivity index (χ3n) is 8.86. The molecule has 0 aliphatic carbocycles. The summed E-state index contributed by atoms with van der Waals surface area (Å²) in [5, 5.41) is -0.0175. The van der Waals surface area contributed by atoms with Gasteiger partial charge in [0.05, 0.1) is 42.6 Å². The zero-order valence-corrected chi connectivity index (χ0v) is 26.2. The van der Waals surface area contributed by atoms with Gasteiger partial charge < -0.3 is 9.13 Å². The summed E-state index contributed by atoms with van der Waals surface area (Å²) < 4.78 is 138. The lowest BCUT2D eigenvalue weighted by Gasteiger charge is -2.11. The van der Waals surface area contributed by atoms with Crippen LogP contribution < -0.4 is 0 Å². The second-order valence-electron chi connectivity index (χ2n) is 11.7. The zero-order chi connectivity index (χ0) is 46.1. The number of nitrogens with zero attached hydrogens (tertiary/aromatic N) is 2. The molecule has 0 amide bonds. The maximum Gasteiger partial charge on any atom is 0.0651 e. The van der Waals surface area contributed by atoms with Crippen molar-refractivity contribution in [1.29, 1.82) is 0 Å². The molecule has 0 unspecified atom stereocenters. The van der Waals surface area contributed by atoms with E-state index < -0.39 is 0 Å². The lowest BCUT2D eigenvalue weighted by atomic mass is 10.0. The van der Waals surface area contributed by atoms with Gasteiger partial charge in [0.25, 0.3) is 0 Å². The third-order valence-corrected chi connectivity index (χ3v) is 8.86. The molecule has 50 heavy (non-hydrogen) atoms. The highest BCUT2D eigenvalue weighted by Crippen LogP contribution is 2.39. The molecule has 8 aromatic carbocycles. The fraction of sp³-hybridized carbons (Fsp3) is 0. The molecule has 0 saturated carbocycles. The van der Waals surface area contributed by atoms with E-state index in [-0.39, 0.29) is 156 Å². The number of aromatic nitrogens is 2. The Morgan fingerprint density at radius 2 is 0.840 bits per heavy atom. The summed E-state index contributed by atoms with van der Waals surface area (Å²) in [6.07, 6.45) is 0. The maximum atomic E-state index is 9.81. The number of benzene rings is 8. The van der Waals surface area contributed by atoms with E-state index in [0.29, 0.717) is 17.2 Å². The molecule has 0 bridgehead atoms. The Hall–Kier alpha value is -6.64. The fourth-order valence-corrected chi connectivity index (χ4v) is 6.59. The van der Waals surface area contributed by atoms with Crippen molar-refractivity contribution in [2.45, 2.75) is 0 Å². The standard InChI is InChI=1S/C48H32N2/c1-3-13-33(14-4-1)35-17-11-19-39(29-35)49-45-23-9-7-21-41(45)43-31-37(25-27-47(43)49)38-26-28-48-44(32-38)42-22-8-10-24-46(42)50(48)40-20-12-18-36(30-40)34-15-5-2-6-16-34/h1-32H/i1D,2D,7D,8D,17D,20D,21D,22D,23D,24D,27D,28D,29D,31D,32D. The fourth-order valence-electron chi connectivity index (χ4n) is 6.59. The second kappa shape index (κ2) is 11.5. The molecule has 2 nitrogen and oxygen atoms in total. The van der Waals surface area contributed by atoms with E-state index in [4.69, 9.17) is 13.7 Å². The minimum Gasteiger partial charge on any atom is -0.309 e. The first-order valence-electron chi connectivity index (χ1n) is 23.4. The van der Waals surface area contributed by atoms with Gasteiger partial charge in [-0.1, -0.05) is 133 Å². The van der Waals surface area contributed by atoms with Crippen molar-refractivity contribution in [3.8, 4) is 44.8 Å². The van der Waals surface area contributed by atoms with Crippen LogP contribution in [0.15, 0.2) is 194 Å². The Bertz CT molecular complexity index is 3700. The second-order valence-corrected chi connectivity index (χ2v) is 11.7. The van der Waals surface area contributed by atoms with Crippen LogP contribution in [-0.2, 0) is 0 Å². The molecule has 0 saturated heterocycles. The lowest BCUT2D eigenvalue weighted by Crippen LogP contribution is -1.94. The van der Waals surface area contributed by atoms with Crippen LogP contribution in [0.3, 0.4) is 0 Å². The van der Waals surface area contributed by atoms with Gasteiger partial charge in [-0.15, -0.1) is 0 Å². The monoisotopic (exact) mass is 651 g/mol. The first kappa shape index (κ1) is 17.1. The van der Waals surface area contributed by atoms with Crippen LogP contribution >= 0.6 is 0 Å². The molecule has 0 atom stereocenters. The van der Waals surface area contributed by atoms with Gasteiger partial charge in [0.2, 0.25) is 0 Å². The zero-order valence-electron chi connectivity index (χ0n) is 41.2. The van der Waals surface area contributed by atoms with E-state index >= 15 is 0 Å². The van der Waals surface area contributed by atoms with Crippen molar-refractivity contribution >= 4 is 43.6 Å². The van der Waals surface area contributed by atoms with Gasteiger partial charge >= 0.3 is 0 Å². The third kappa shape index (κ3) is 4.57. The summed E-state index contributed by atoms with van der Waals surface area (Å²) in [4.78, 5) is 0. The van der Waals surface area contributed by atoms with Crippen molar-refractivity contribution in [3.05, 3.63) is 194 Å². The average molecular weight is 652 g/mol. The van der Waals surface area contributed by atoms with Crippen LogP contribution in [0.25, 0.3) is 88.4 Å². The van der Waals surface area contributed by atoms with Gasteiger partial charge in [0, 0.05) is 32.9 Å². The molecule has 0 spiro atoms. The molecule has 10 aromatic rings. The van der Waals surface area contributed by atoms with Crippen molar-refractivity contribution < 1.29 is 20.6 Å². The highest BCUT2D eigenvalue weighted by Gasteiger charge is 2.16. The summed E-state index contributed by atoms with van der Waals surface area (Å²) in [6.45, 7) is 0. The Balaban J connectivity index is 1.29. The normalized spacial score (nSPS) is 15.8. The van der Waals surface area contributed by atoms with Crippen LogP contribution in [-0.4, -0.2) is 9.13 Å².